The van der Waals surface area contributed by atoms with E-state index >= 15 is 0 Å². The van der Waals surface area contributed by atoms with Gasteiger partial charge in [0.2, 0.25) is 5.91 Å². The first-order valence-electron chi connectivity index (χ1n) is 11.0. The Bertz CT molecular complexity index is 1280. The Balaban J connectivity index is 1.88. The van der Waals surface area contributed by atoms with Gasteiger partial charge in [-0.15, -0.1) is 0 Å². The molecule has 0 saturated carbocycles. The molecule has 7 heteroatoms. The van der Waals surface area contributed by atoms with Crippen LogP contribution in [0.3, 0.4) is 0 Å². The first-order valence-corrected chi connectivity index (χ1v) is 11.9. The average molecular weight is 475 g/mol. The molecular formula is C27H26N2O4S. The van der Waals surface area contributed by atoms with Crippen LogP contribution in [-0.2, 0) is 14.4 Å². The van der Waals surface area contributed by atoms with E-state index in [-0.39, 0.29) is 17.3 Å². The van der Waals surface area contributed by atoms with Crippen LogP contribution >= 0.6 is 11.3 Å². The molecule has 1 aliphatic heterocycles. The van der Waals surface area contributed by atoms with Crippen LogP contribution in [0.4, 0.5) is 11.4 Å². The van der Waals surface area contributed by atoms with Crippen molar-refractivity contribution in [2.75, 3.05) is 16.8 Å². The number of anilines is 2. The number of Topliss-reactive ketones (excluding diaryl/α,β-unsaturated/α-hetero) is 1. The van der Waals surface area contributed by atoms with Gasteiger partial charge in [-0.05, 0) is 46.2 Å². The fourth-order valence-electron chi connectivity index (χ4n) is 4.17. The van der Waals surface area contributed by atoms with Crippen LogP contribution in [0.25, 0.3) is 11.1 Å². The summed E-state index contributed by atoms with van der Waals surface area (Å²) in [7, 11) is 1.64. The van der Waals surface area contributed by atoms with E-state index in [1.165, 1.54) is 16.7 Å². The number of amides is 2. The molecule has 1 atom stereocenters. The van der Waals surface area contributed by atoms with Crippen LogP contribution in [0.5, 0.6) is 0 Å². The van der Waals surface area contributed by atoms with Gasteiger partial charge in [0.1, 0.15) is 0 Å². The lowest BCUT2D eigenvalue weighted by Gasteiger charge is -2.30. The summed E-state index contributed by atoms with van der Waals surface area (Å²) in [5, 5.41) is 14.9. The maximum atomic E-state index is 13.3. The molecule has 2 heterocycles. The van der Waals surface area contributed by atoms with Gasteiger partial charge in [-0.2, -0.15) is 11.3 Å². The molecule has 6 nitrogen and oxygen atoms in total. The minimum atomic E-state index is -0.868. The van der Waals surface area contributed by atoms with Gasteiger partial charge < -0.3 is 10.0 Å². The fourth-order valence-corrected chi connectivity index (χ4v) is 4.83. The zero-order valence-corrected chi connectivity index (χ0v) is 20.3. The van der Waals surface area contributed by atoms with Crippen LogP contribution in [0.2, 0.25) is 0 Å². The summed E-state index contributed by atoms with van der Waals surface area (Å²) in [6.07, 6.45) is 0. The Hall–Kier alpha value is -3.71. The number of hydrogen-bond donors (Lipinski definition) is 1. The molecule has 0 fully saturated rings. The summed E-state index contributed by atoms with van der Waals surface area (Å²) in [6.45, 7) is 4.91. The first kappa shape index (κ1) is 23.4. The molecule has 1 aromatic heterocycles. The summed E-state index contributed by atoms with van der Waals surface area (Å²) >= 11 is 1.60. The van der Waals surface area contributed by atoms with Crippen LogP contribution in [-0.4, -0.2) is 29.8 Å². The third kappa shape index (κ3) is 4.03. The minimum absolute atomic E-state index is 0.0475. The standard InChI is InChI=1S/C27H26N2O4S/c1-16(2)25(31)23-24(21-7-5-6-8-22(21)28(4)17(3)30)29(27(33)26(23)32)20-11-9-18(10-12-20)19-13-14-34-15-19/h5-16,24,32H,1-4H3. The van der Waals surface area contributed by atoms with Crippen molar-refractivity contribution in [3.05, 3.63) is 82.3 Å². The molecule has 1 aliphatic rings. The zero-order chi connectivity index (χ0) is 24.6. The molecular weight excluding hydrogens is 448 g/mol. The van der Waals surface area contributed by atoms with Crippen LogP contribution < -0.4 is 9.80 Å². The highest BCUT2D eigenvalue weighted by Gasteiger charge is 2.45. The SMILES string of the molecule is CC(=O)N(C)c1ccccc1C1C(C(=O)C(C)C)=C(O)C(=O)N1c1ccc(-c2ccsc2)cc1. The quantitative estimate of drug-likeness (QED) is 0.510. The molecule has 3 aromatic rings. The highest BCUT2D eigenvalue weighted by molar-refractivity contribution is 7.08. The highest BCUT2D eigenvalue weighted by Crippen LogP contribution is 2.45. The molecule has 0 saturated heterocycles. The van der Waals surface area contributed by atoms with Crippen LogP contribution in [0, 0.1) is 5.92 Å². The Labute approximate surface area is 202 Å². The molecule has 2 amide bonds. The normalized spacial score (nSPS) is 15.9. The van der Waals surface area contributed by atoms with Crippen molar-refractivity contribution in [2.24, 2.45) is 5.92 Å². The van der Waals surface area contributed by atoms with Gasteiger partial charge in [0, 0.05) is 36.8 Å². The number of aliphatic hydroxyl groups excluding tert-OH is 1. The van der Waals surface area contributed by atoms with E-state index in [1.54, 1.807) is 56.5 Å². The Morgan fingerprint density at radius 1 is 1.03 bits per heavy atom. The van der Waals surface area contributed by atoms with Gasteiger partial charge in [-0.25, -0.2) is 0 Å². The Kier molecular flexibility index (Phi) is 6.39. The monoisotopic (exact) mass is 474 g/mol. The Morgan fingerprint density at radius 2 is 1.71 bits per heavy atom. The van der Waals surface area contributed by atoms with E-state index in [0.29, 0.717) is 16.9 Å². The summed E-state index contributed by atoms with van der Waals surface area (Å²) in [6, 6.07) is 15.7. The molecule has 0 spiro atoms. The second-order valence-corrected chi connectivity index (χ2v) is 9.33. The van der Waals surface area contributed by atoms with Gasteiger partial charge in [0.25, 0.3) is 5.91 Å². The minimum Gasteiger partial charge on any atom is -0.503 e. The Morgan fingerprint density at radius 3 is 2.29 bits per heavy atom. The maximum Gasteiger partial charge on any atom is 0.294 e. The molecule has 0 radical (unpaired) electrons. The van der Waals surface area contributed by atoms with Crippen molar-refractivity contribution >= 4 is 40.3 Å². The van der Waals surface area contributed by atoms with Crippen molar-refractivity contribution in [2.45, 2.75) is 26.8 Å². The largest absolute Gasteiger partial charge is 0.503 e. The number of carbonyl (C=O) groups is 3. The van der Waals surface area contributed by atoms with E-state index in [2.05, 4.69) is 0 Å². The summed E-state index contributed by atoms with van der Waals surface area (Å²) in [5.74, 6) is -2.11. The van der Waals surface area contributed by atoms with E-state index in [1.807, 2.05) is 41.1 Å². The average Bonchev–Trinajstić information content (AvgIpc) is 3.45. The third-order valence-electron chi connectivity index (χ3n) is 6.06. The van der Waals surface area contributed by atoms with E-state index in [0.717, 1.165) is 11.1 Å². The number of ketones is 1. The fraction of sp³-hybridized carbons (Fsp3) is 0.222. The van der Waals surface area contributed by atoms with Crippen molar-refractivity contribution in [1.82, 2.24) is 0 Å². The molecule has 1 unspecified atom stereocenters. The first-order chi connectivity index (χ1) is 16.2. The van der Waals surface area contributed by atoms with Gasteiger partial charge in [-0.3, -0.25) is 19.3 Å². The lowest BCUT2D eigenvalue weighted by atomic mass is 9.90. The topological polar surface area (TPSA) is 77.9 Å². The van der Waals surface area contributed by atoms with Gasteiger partial charge in [-0.1, -0.05) is 44.2 Å². The number of nitrogens with zero attached hydrogens (tertiary/aromatic N) is 2. The summed E-state index contributed by atoms with van der Waals surface area (Å²) in [5.41, 5.74) is 3.82. The van der Waals surface area contributed by atoms with Crippen molar-refractivity contribution in [3.63, 3.8) is 0 Å². The molecule has 34 heavy (non-hydrogen) atoms. The van der Waals surface area contributed by atoms with E-state index < -0.39 is 23.6 Å². The highest BCUT2D eigenvalue weighted by atomic mass is 32.1. The second kappa shape index (κ2) is 9.27. The number of para-hydroxylation sites is 1. The number of thiophene rings is 1. The number of benzene rings is 2. The lowest BCUT2D eigenvalue weighted by Crippen LogP contribution is -2.33. The zero-order valence-electron chi connectivity index (χ0n) is 19.5. The molecule has 1 N–H and O–H groups in total. The molecule has 0 aliphatic carbocycles. The molecule has 4 rings (SSSR count). The van der Waals surface area contributed by atoms with Crippen molar-refractivity contribution in [1.29, 1.82) is 0 Å². The molecule has 2 aromatic carbocycles. The van der Waals surface area contributed by atoms with Gasteiger partial charge in [0.05, 0.1) is 11.6 Å². The maximum absolute atomic E-state index is 13.3. The predicted octanol–water partition coefficient (Wildman–Crippen LogP) is 5.52. The van der Waals surface area contributed by atoms with Crippen LogP contribution in [0.15, 0.2) is 76.7 Å². The third-order valence-corrected chi connectivity index (χ3v) is 6.75. The summed E-state index contributed by atoms with van der Waals surface area (Å²) in [4.78, 5) is 41.7. The van der Waals surface area contributed by atoms with Crippen molar-refractivity contribution < 1.29 is 19.5 Å². The van der Waals surface area contributed by atoms with Crippen molar-refractivity contribution in [3.8, 4) is 11.1 Å². The van der Waals surface area contributed by atoms with Gasteiger partial charge >= 0.3 is 0 Å². The van der Waals surface area contributed by atoms with E-state index in [4.69, 9.17) is 0 Å². The number of carbonyl (C=O) groups excluding carboxylic acids is 3. The molecule has 0 bridgehead atoms. The van der Waals surface area contributed by atoms with Crippen LogP contribution in [0.1, 0.15) is 32.4 Å². The lowest BCUT2D eigenvalue weighted by molar-refractivity contribution is -0.119. The number of rotatable bonds is 6. The van der Waals surface area contributed by atoms with E-state index in [9.17, 15) is 19.5 Å². The number of hydrogen-bond acceptors (Lipinski definition) is 5. The second-order valence-electron chi connectivity index (χ2n) is 8.55. The predicted molar refractivity (Wildman–Crippen MR) is 135 cm³/mol. The molecule has 174 valence electrons. The number of aliphatic hydroxyl groups is 1. The smallest absolute Gasteiger partial charge is 0.294 e. The van der Waals surface area contributed by atoms with Gasteiger partial charge in [0.15, 0.2) is 11.5 Å². The summed E-state index contributed by atoms with van der Waals surface area (Å²) < 4.78 is 0.